The maximum absolute atomic E-state index is 6.19. The van der Waals surface area contributed by atoms with Crippen molar-refractivity contribution < 1.29 is 0 Å². The molecular weight excluding hydrogens is 609 g/mol. The van der Waals surface area contributed by atoms with Crippen LogP contribution in [0.1, 0.15) is 55.0 Å². The second-order valence-corrected chi connectivity index (χ2v) is 12.3. The minimum absolute atomic E-state index is 0.0575. The second-order valence-electron chi connectivity index (χ2n) is 12.3. The largest absolute Gasteiger partial charge is 0.383 e. The van der Waals surface area contributed by atoms with Gasteiger partial charge in [0.1, 0.15) is 5.84 Å². The lowest BCUT2D eigenvalue weighted by atomic mass is 9.94. The number of nitrogens with two attached hydrogens (primary N) is 2. The minimum Gasteiger partial charge on any atom is -0.383 e. The van der Waals surface area contributed by atoms with Gasteiger partial charge in [-0.05, 0) is 103 Å². The molecule has 1 heterocycles. The summed E-state index contributed by atoms with van der Waals surface area (Å²) < 4.78 is 0. The summed E-state index contributed by atoms with van der Waals surface area (Å²) in [6, 6.07) is 46.6. The predicted molar refractivity (Wildman–Crippen MR) is 216 cm³/mol. The van der Waals surface area contributed by atoms with Crippen LogP contribution in [-0.4, -0.2) is 19.4 Å². The lowest BCUT2D eigenvalue weighted by Gasteiger charge is -2.18. The van der Waals surface area contributed by atoms with E-state index in [-0.39, 0.29) is 6.04 Å². The van der Waals surface area contributed by atoms with Gasteiger partial charge in [-0.15, -0.1) is 0 Å². The van der Waals surface area contributed by atoms with Crippen LogP contribution >= 0.6 is 0 Å². The highest BCUT2D eigenvalue weighted by atomic mass is 14.9. The Morgan fingerprint density at radius 2 is 1.20 bits per heavy atom. The van der Waals surface area contributed by atoms with Crippen LogP contribution < -0.4 is 16.8 Å². The fraction of sp³-hybridized carbons (Fsp3) is 0.152. The van der Waals surface area contributed by atoms with Crippen molar-refractivity contribution in [2.45, 2.75) is 32.7 Å². The number of aliphatic imine (C=N–C) groups is 1. The van der Waals surface area contributed by atoms with E-state index in [0.29, 0.717) is 5.84 Å². The molecular formula is C46H48N4. The summed E-state index contributed by atoms with van der Waals surface area (Å²) in [6.45, 7) is 5.12. The van der Waals surface area contributed by atoms with E-state index < -0.39 is 0 Å². The van der Waals surface area contributed by atoms with Gasteiger partial charge in [-0.2, -0.15) is 0 Å². The monoisotopic (exact) mass is 656 g/mol. The third-order valence-electron chi connectivity index (χ3n) is 8.73. The van der Waals surface area contributed by atoms with Gasteiger partial charge in [0.15, 0.2) is 0 Å². The standard InChI is InChI=1S/C24H21N.C21H22N2.CH5N/c1-18-12-13-24(25-17-18)23-15-21(19-8-4-2-5-9-19)14-22(16-23)20-10-6-3-7-11-20;1-16(17-8-4-2-5-9-17)23-21(22)20-14-12-19(13-15-20)18-10-6-3-7-11-18;1-2/h2-16,25H,17H2,1H3;2-6,8-10,12-16H,7,11H2,1H3,(H2,22,23);2H2,1H3. The highest BCUT2D eigenvalue weighted by molar-refractivity contribution is 5.98. The van der Waals surface area contributed by atoms with Crippen LogP contribution in [0.25, 0.3) is 33.5 Å². The molecule has 0 aromatic heterocycles. The molecule has 7 rings (SSSR count). The number of rotatable bonds is 7. The van der Waals surface area contributed by atoms with E-state index in [2.05, 4.69) is 176 Å². The summed E-state index contributed by atoms with van der Waals surface area (Å²) in [5.74, 6) is 0.588. The summed E-state index contributed by atoms with van der Waals surface area (Å²) in [6.07, 6.45) is 13.1. The van der Waals surface area contributed by atoms with Gasteiger partial charge >= 0.3 is 0 Å². The number of hydrogen-bond donors (Lipinski definition) is 3. The van der Waals surface area contributed by atoms with Crippen LogP contribution in [0, 0.1) is 0 Å². The average molecular weight is 657 g/mol. The Bertz CT molecular complexity index is 1910. The molecule has 1 unspecified atom stereocenters. The molecule has 0 bridgehead atoms. The normalized spacial score (nSPS) is 14.3. The second kappa shape index (κ2) is 18.2. The first-order chi connectivity index (χ1) is 24.5. The van der Waals surface area contributed by atoms with E-state index in [1.165, 1.54) is 62.8 Å². The molecule has 0 radical (unpaired) electrons. The number of allylic oxidation sites excluding steroid dienone is 6. The van der Waals surface area contributed by atoms with Crippen molar-refractivity contribution in [3.05, 3.63) is 192 Å². The maximum Gasteiger partial charge on any atom is 0.126 e. The minimum atomic E-state index is 0.0575. The molecule has 0 amide bonds. The van der Waals surface area contributed by atoms with E-state index >= 15 is 0 Å². The molecule has 0 saturated carbocycles. The molecule has 5 N–H and O–H groups in total. The summed E-state index contributed by atoms with van der Waals surface area (Å²) in [4.78, 5) is 4.63. The van der Waals surface area contributed by atoms with Gasteiger partial charge in [0.05, 0.1) is 6.04 Å². The number of nitrogens with one attached hydrogen (secondary N) is 1. The van der Waals surface area contributed by atoms with E-state index in [1.807, 2.05) is 18.2 Å². The zero-order valence-corrected chi connectivity index (χ0v) is 29.4. The zero-order valence-electron chi connectivity index (χ0n) is 29.4. The van der Waals surface area contributed by atoms with Gasteiger partial charge in [-0.25, -0.2) is 0 Å². The molecule has 50 heavy (non-hydrogen) atoms. The lowest BCUT2D eigenvalue weighted by Crippen LogP contribution is -2.17. The van der Waals surface area contributed by atoms with Gasteiger partial charge < -0.3 is 16.8 Å². The third kappa shape index (κ3) is 9.68. The number of amidine groups is 1. The van der Waals surface area contributed by atoms with Crippen molar-refractivity contribution >= 4 is 17.1 Å². The van der Waals surface area contributed by atoms with Gasteiger partial charge in [0, 0.05) is 17.8 Å². The van der Waals surface area contributed by atoms with E-state index in [0.717, 1.165) is 24.9 Å². The zero-order chi connectivity index (χ0) is 35.1. The Morgan fingerprint density at radius 1 is 0.640 bits per heavy atom. The number of benzene rings is 5. The maximum atomic E-state index is 6.19. The number of hydrogen-bond acceptors (Lipinski definition) is 3. The van der Waals surface area contributed by atoms with Gasteiger partial charge in [0.25, 0.3) is 0 Å². The molecule has 1 aliphatic carbocycles. The summed E-state index contributed by atoms with van der Waals surface area (Å²) in [5.41, 5.74) is 24.2. The molecule has 0 saturated heterocycles. The Morgan fingerprint density at radius 3 is 1.72 bits per heavy atom. The first kappa shape index (κ1) is 35.6. The average Bonchev–Trinajstić information content (AvgIpc) is 3.20. The molecule has 0 spiro atoms. The van der Waals surface area contributed by atoms with E-state index in [1.54, 1.807) is 0 Å². The molecule has 2 aliphatic rings. The van der Waals surface area contributed by atoms with Crippen LogP contribution in [0.4, 0.5) is 0 Å². The molecule has 5 aromatic carbocycles. The van der Waals surface area contributed by atoms with Crippen molar-refractivity contribution in [1.29, 1.82) is 0 Å². The molecule has 5 aromatic rings. The first-order valence-corrected chi connectivity index (χ1v) is 17.3. The highest BCUT2D eigenvalue weighted by Crippen LogP contribution is 2.31. The number of dihydropyridines is 1. The quantitative estimate of drug-likeness (QED) is 0.121. The van der Waals surface area contributed by atoms with Gasteiger partial charge in [-0.1, -0.05) is 145 Å². The predicted octanol–water partition coefficient (Wildman–Crippen LogP) is 10.4. The Kier molecular flexibility index (Phi) is 12.9. The van der Waals surface area contributed by atoms with Crippen LogP contribution in [0.3, 0.4) is 0 Å². The third-order valence-corrected chi connectivity index (χ3v) is 8.73. The van der Waals surface area contributed by atoms with Crippen molar-refractivity contribution in [1.82, 2.24) is 5.32 Å². The fourth-order valence-electron chi connectivity index (χ4n) is 5.94. The molecule has 252 valence electrons. The molecule has 1 aliphatic heterocycles. The Hall–Kier alpha value is -5.71. The SMILES string of the molecule is CC(N=C(N)c1ccc(C2=CC=CCC2)cc1)c1ccccc1.CC1=CC=C(c2cc(-c3ccccc3)cc(-c3ccccc3)c2)NC1.CN. The molecule has 4 nitrogen and oxygen atoms in total. The Labute approximate surface area is 298 Å². The van der Waals surface area contributed by atoms with E-state index in [9.17, 15) is 0 Å². The lowest BCUT2D eigenvalue weighted by molar-refractivity contribution is 0.818. The van der Waals surface area contributed by atoms with Crippen molar-refractivity contribution in [3.8, 4) is 22.3 Å². The summed E-state index contributed by atoms with van der Waals surface area (Å²) >= 11 is 0. The van der Waals surface area contributed by atoms with Crippen LogP contribution in [-0.2, 0) is 0 Å². The van der Waals surface area contributed by atoms with Crippen molar-refractivity contribution in [3.63, 3.8) is 0 Å². The first-order valence-electron chi connectivity index (χ1n) is 17.3. The highest BCUT2D eigenvalue weighted by Gasteiger charge is 2.11. The smallest absolute Gasteiger partial charge is 0.126 e. The topological polar surface area (TPSA) is 76.4 Å². The van der Waals surface area contributed by atoms with Crippen LogP contribution in [0.5, 0.6) is 0 Å². The van der Waals surface area contributed by atoms with Gasteiger partial charge in [-0.3, -0.25) is 4.99 Å². The van der Waals surface area contributed by atoms with Crippen LogP contribution in [0.2, 0.25) is 0 Å². The molecule has 4 heteroatoms. The van der Waals surface area contributed by atoms with Gasteiger partial charge in [0.2, 0.25) is 0 Å². The summed E-state index contributed by atoms with van der Waals surface area (Å²) in [5, 5.41) is 3.54. The van der Waals surface area contributed by atoms with Crippen LogP contribution in [0.15, 0.2) is 174 Å². The van der Waals surface area contributed by atoms with Crippen molar-refractivity contribution in [2.24, 2.45) is 16.5 Å². The Balaban J connectivity index is 0.000000186. The molecule has 0 fully saturated rings. The number of nitrogens with zero attached hydrogens (tertiary/aromatic N) is 1. The molecule has 1 atom stereocenters. The van der Waals surface area contributed by atoms with E-state index in [4.69, 9.17) is 5.73 Å². The fourth-order valence-corrected chi connectivity index (χ4v) is 5.94. The summed E-state index contributed by atoms with van der Waals surface area (Å²) in [7, 11) is 1.50. The van der Waals surface area contributed by atoms with Crippen molar-refractivity contribution in [2.75, 3.05) is 13.6 Å².